The highest BCUT2D eigenvalue weighted by molar-refractivity contribution is 5.79. The van der Waals surface area contributed by atoms with Crippen LogP contribution < -0.4 is 4.90 Å². The molecule has 1 aromatic rings. The van der Waals surface area contributed by atoms with E-state index < -0.39 is 0 Å². The highest BCUT2D eigenvalue weighted by Gasteiger charge is 2.48. The second kappa shape index (κ2) is 10.2. The zero-order chi connectivity index (χ0) is 20.3. The summed E-state index contributed by atoms with van der Waals surface area (Å²) < 4.78 is 5.79. The van der Waals surface area contributed by atoms with E-state index in [1.54, 1.807) is 0 Å². The number of carbonyl (C=O) groups is 1. The van der Waals surface area contributed by atoms with E-state index in [0.29, 0.717) is 5.92 Å². The van der Waals surface area contributed by atoms with Crippen LogP contribution in [0.3, 0.4) is 0 Å². The minimum atomic E-state index is -0.113. The minimum absolute atomic E-state index is 0. The lowest BCUT2D eigenvalue weighted by molar-refractivity contribution is -0.150. The first-order chi connectivity index (χ1) is 14.1. The Kier molecular flexibility index (Phi) is 7.84. The van der Waals surface area contributed by atoms with Gasteiger partial charge in [0.15, 0.2) is 0 Å². The van der Waals surface area contributed by atoms with E-state index in [4.69, 9.17) is 4.74 Å². The van der Waals surface area contributed by atoms with Crippen molar-refractivity contribution >= 4 is 11.7 Å². The Labute approximate surface area is 184 Å². The molecule has 3 aliphatic rings. The van der Waals surface area contributed by atoms with Gasteiger partial charge < -0.3 is 9.64 Å². The Hall–Kier alpha value is -1.55. The van der Waals surface area contributed by atoms with Gasteiger partial charge in [-0.3, -0.25) is 9.69 Å². The average Bonchev–Trinajstić information content (AvgIpc) is 3.03. The maximum absolute atomic E-state index is 12.4. The van der Waals surface area contributed by atoms with Gasteiger partial charge in [-0.25, -0.2) is 0 Å². The molecule has 1 aliphatic carbocycles. The first-order valence-corrected chi connectivity index (χ1v) is 11.8. The van der Waals surface area contributed by atoms with Gasteiger partial charge in [-0.1, -0.05) is 58.7 Å². The molecule has 1 spiro atoms. The lowest BCUT2D eigenvalue weighted by Gasteiger charge is -2.37. The van der Waals surface area contributed by atoms with E-state index in [1.807, 2.05) is 0 Å². The van der Waals surface area contributed by atoms with Crippen LogP contribution in [-0.2, 0) is 9.53 Å². The zero-order valence-corrected chi connectivity index (χ0v) is 18.4. The number of nitrogens with zero attached hydrogens (tertiary/aromatic N) is 2. The van der Waals surface area contributed by atoms with Crippen molar-refractivity contribution in [3.63, 3.8) is 0 Å². The van der Waals surface area contributed by atoms with Gasteiger partial charge in [-0.05, 0) is 49.8 Å². The Morgan fingerprint density at radius 1 is 1.07 bits per heavy atom. The molecule has 1 unspecified atom stereocenters. The summed E-state index contributed by atoms with van der Waals surface area (Å²) in [6, 6.07) is 8.87. The van der Waals surface area contributed by atoms with Gasteiger partial charge >= 0.3 is 5.97 Å². The van der Waals surface area contributed by atoms with Crippen molar-refractivity contribution in [2.75, 3.05) is 37.6 Å². The number of hydrogen-bond acceptors (Lipinski definition) is 4. The molecule has 0 N–H and O–H groups in total. The highest BCUT2D eigenvalue weighted by Crippen LogP contribution is 2.46. The van der Waals surface area contributed by atoms with Gasteiger partial charge in [0, 0.05) is 38.3 Å². The van der Waals surface area contributed by atoms with Gasteiger partial charge in [-0.15, -0.1) is 0 Å². The molecule has 3 fully saturated rings. The van der Waals surface area contributed by atoms with Crippen LogP contribution in [-0.4, -0.2) is 49.7 Å². The maximum Gasteiger partial charge on any atom is 0.312 e. The quantitative estimate of drug-likeness (QED) is 0.566. The van der Waals surface area contributed by atoms with Crippen LogP contribution in [0.15, 0.2) is 24.3 Å². The third kappa shape index (κ3) is 5.01. The lowest BCUT2D eigenvalue weighted by atomic mass is 9.72. The summed E-state index contributed by atoms with van der Waals surface area (Å²) in [5.74, 6) is 0.672. The van der Waals surface area contributed by atoms with E-state index in [1.165, 1.54) is 30.5 Å². The fourth-order valence-electron chi connectivity index (χ4n) is 5.65. The number of esters is 1. The van der Waals surface area contributed by atoms with E-state index in [-0.39, 0.29) is 24.9 Å². The third-order valence-electron chi connectivity index (χ3n) is 7.41. The summed E-state index contributed by atoms with van der Waals surface area (Å²) in [5.41, 5.74) is 2.76. The largest absolute Gasteiger partial charge is 0.462 e. The van der Waals surface area contributed by atoms with E-state index in [2.05, 4.69) is 47.9 Å². The van der Waals surface area contributed by atoms with E-state index in [0.717, 1.165) is 64.8 Å². The molecule has 4 heteroatoms. The minimum Gasteiger partial charge on any atom is -0.462 e. The number of hydrogen-bond donors (Lipinski definition) is 0. The van der Waals surface area contributed by atoms with Gasteiger partial charge in [0.25, 0.3) is 0 Å². The molecule has 1 saturated carbocycles. The third-order valence-corrected chi connectivity index (χ3v) is 7.41. The molecule has 4 nitrogen and oxygen atoms in total. The Morgan fingerprint density at radius 3 is 2.47 bits per heavy atom. The summed E-state index contributed by atoms with van der Waals surface area (Å²) in [6.45, 7) is 10.1. The van der Waals surface area contributed by atoms with Crippen molar-refractivity contribution in [1.82, 2.24) is 4.90 Å². The molecule has 4 rings (SSSR count). The van der Waals surface area contributed by atoms with E-state index >= 15 is 0 Å². The number of anilines is 1. The second-order valence-corrected chi connectivity index (χ2v) is 9.76. The molecular weight excluding hydrogens is 372 g/mol. The van der Waals surface area contributed by atoms with Crippen molar-refractivity contribution in [2.45, 2.75) is 84.7 Å². The number of para-hydroxylation sites is 1. The molecule has 0 amide bonds. The summed E-state index contributed by atoms with van der Waals surface area (Å²) in [4.78, 5) is 17.6. The molecule has 2 aliphatic heterocycles. The van der Waals surface area contributed by atoms with Crippen molar-refractivity contribution in [3.8, 4) is 0 Å². The molecule has 1 atom stereocenters. The normalized spacial score (nSPS) is 24.2. The number of carbonyl (C=O) groups excluding carboxylic acids is 1. The monoisotopic (exact) mass is 414 g/mol. The lowest BCUT2D eigenvalue weighted by Crippen LogP contribution is -2.47. The van der Waals surface area contributed by atoms with Gasteiger partial charge in [0.05, 0.1) is 5.41 Å². The van der Waals surface area contributed by atoms with Gasteiger partial charge in [0.2, 0.25) is 0 Å². The molecule has 0 aromatic heterocycles. The van der Waals surface area contributed by atoms with Crippen LogP contribution >= 0.6 is 0 Å². The maximum atomic E-state index is 12.4. The number of cyclic esters (lactones) is 1. The van der Waals surface area contributed by atoms with Crippen LogP contribution in [0, 0.1) is 5.41 Å². The summed E-state index contributed by atoms with van der Waals surface area (Å²) in [7, 11) is 0. The molecule has 2 saturated heterocycles. The van der Waals surface area contributed by atoms with Crippen molar-refractivity contribution in [3.05, 3.63) is 29.8 Å². The van der Waals surface area contributed by atoms with Gasteiger partial charge in [0.1, 0.15) is 6.10 Å². The second-order valence-electron chi connectivity index (χ2n) is 9.76. The molecule has 1 aromatic carbocycles. The van der Waals surface area contributed by atoms with Crippen molar-refractivity contribution in [1.29, 1.82) is 0 Å². The Morgan fingerprint density at radius 2 is 1.77 bits per heavy atom. The van der Waals surface area contributed by atoms with Crippen LogP contribution in [0.4, 0.5) is 5.69 Å². The van der Waals surface area contributed by atoms with Crippen LogP contribution in [0.1, 0.15) is 84.1 Å². The SMILES string of the molecule is C.CC(C)c1ccccc1N1CCN(CCCC2CC3(CCCCC3)C(=O)O2)CC1. The first kappa shape index (κ1) is 23.1. The molecule has 0 bridgehead atoms. The molecule has 0 radical (unpaired) electrons. The number of benzene rings is 1. The average molecular weight is 415 g/mol. The van der Waals surface area contributed by atoms with Crippen molar-refractivity contribution in [2.24, 2.45) is 5.41 Å². The van der Waals surface area contributed by atoms with Crippen LogP contribution in [0.2, 0.25) is 0 Å². The number of rotatable bonds is 6. The highest BCUT2D eigenvalue weighted by atomic mass is 16.6. The fraction of sp³-hybridized carbons (Fsp3) is 0.731. The van der Waals surface area contributed by atoms with Gasteiger partial charge in [-0.2, -0.15) is 0 Å². The topological polar surface area (TPSA) is 32.8 Å². The Bertz CT molecular complexity index is 688. The van der Waals surface area contributed by atoms with Crippen LogP contribution in [0.5, 0.6) is 0 Å². The van der Waals surface area contributed by atoms with Crippen LogP contribution in [0.25, 0.3) is 0 Å². The molecule has 168 valence electrons. The predicted octanol–water partition coefficient (Wildman–Crippen LogP) is 5.61. The summed E-state index contributed by atoms with van der Waals surface area (Å²) >= 11 is 0. The number of ether oxygens (including phenoxy) is 1. The molecular formula is C26H42N2O2. The Balaban J connectivity index is 0.00000256. The zero-order valence-electron chi connectivity index (χ0n) is 18.4. The molecule has 30 heavy (non-hydrogen) atoms. The smallest absolute Gasteiger partial charge is 0.312 e. The summed E-state index contributed by atoms with van der Waals surface area (Å²) in [5, 5.41) is 0. The first-order valence-electron chi connectivity index (χ1n) is 11.8. The fourth-order valence-corrected chi connectivity index (χ4v) is 5.65. The predicted molar refractivity (Wildman–Crippen MR) is 125 cm³/mol. The molecule has 2 heterocycles. The van der Waals surface area contributed by atoms with E-state index in [9.17, 15) is 4.79 Å². The number of piperazine rings is 1. The summed E-state index contributed by atoms with van der Waals surface area (Å²) in [6.07, 6.45) is 9.11. The standard InChI is InChI=1S/C25H38N2O2.CH4/c1-20(2)22-10-4-5-11-23(22)27-17-15-26(16-18-27)14-8-9-21-19-25(24(28)29-21)12-6-3-7-13-25;/h4-5,10-11,20-21H,3,6-9,12-19H2,1-2H3;1H4. The van der Waals surface area contributed by atoms with Crippen molar-refractivity contribution < 1.29 is 9.53 Å².